The van der Waals surface area contributed by atoms with Crippen molar-refractivity contribution in [3.63, 3.8) is 0 Å². The quantitative estimate of drug-likeness (QED) is 0.498. The van der Waals surface area contributed by atoms with Gasteiger partial charge in [0.2, 0.25) is 0 Å². The van der Waals surface area contributed by atoms with Crippen molar-refractivity contribution in [3.8, 4) is 0 Å². The summed E-state index contributed by atoms with van der Waals surface area (Å²) >= 11 is 0. The van der Waals surface area contributed by atoms with Gasteiger partial charge in [0.25, 0.3) is 0 Å². The molecule has 0 spiro atoms. The molecule has 0 fully saturated rings. The van der Waals surface area contributed by atoms with Crippen LogP contribution < -0.4 is 5.32 Å². The minimum atomic E-state index is 0.509. The third-order valence-electron chi connectivity index (χ3n) is 3.56. The number of ether oxygens (including phenoxy) is 2. The van der Waals surface area contributed by atoms with Crippen LogP contribution in [0.15, 0.2) is 0 Å². The van der Waals surface area contributed by atoms with Gasteiger partial charge in [-0.05, 0) is 34.1 Å². The van der Waals surface area contributed by atoms with Crippen molar-refractivity contribution in [2.45, 2.75) is 59.5 Å². The van der Waals surface area contributed by atoms with Crippen LogP contribution in [-0.4, -0.2) is 63.0 Å². The first-order chi connectivity index (χ1) is 9.65. The summed E-state index contributed by atoms with van der Waals surface area (Å²) in [4.78, 5) is 2.46. The Morgan fingerprint density at radius 2 is 1.50 bits per heavy atom. The third kappa shape index (κ3) is 10.6. The molecule has 0 aromatic carbocycles. The average Bonchev–Trinajstić information content (AvgIpc) is 2.44. The van der Waals surface area contributed by atoms with E-state index in [1.165, 1.54) is 12.8 Å². The van der Waals surface area contributed by atoms with Crippen LogP contribution in [0.1, 0.15) is 47.5 Å². The number of nitrogens with zero attached hydrogens (tertiary/aromatic N) is 1. The van der Waals surface area contributed by atoms with Crippen molar-refractivity contribution in [3.05, 3.63) is 0 Å². The van der Waals surface area contributed by atoms with E-state index in [0.717, 1.165) is 46.1 Å². The molecule has 4 nitrogen and oxygen atoms in total. The summed E-state index contributed by atoms with van der Waals surface area (Å²) < 4.78 is 11.0. The normalized spacial score (nSPS) is 14.7. The van der Waals surface area contributed by atoms with E-state index >= 15 is 0 Å². The average molecular weight is 288 g/mol. The largest absolute Gasteiger partial charge is 0.380 e. The highest BCUT2D eigenvalue weighted by Crippen LogP contribution is 2.01. The molecule has 0 aromatic rings. The third-order valence-corrected chi connectivity index (χ3v) is 3.56. The Morgan fingerprint density at radius 1 is 0.950 bits per heavy atom. The SMILES string of the molecule is CCCC(C)NCC(C)N(CCOCC)CCOCC. The van der Waals surface area contributed by atoms with Crippen molar-refractivity contribution in [2.24, 2.45) is 0 Å². The molecule has 0 radical (unpaired) electrons. The molecule has 2 unspecified atom stereocenters. The van der Waals surface area contributed by atoms with Gasteiger partial charge in [-0.2, -0.15) is 0 Å². The minimum Gasteiger partial charge on any atom is -0.380 e. The highest BCUT2D eigenvalue weighted by molar-refractivity contribution is 4.72. The van der Waals surface area contributed by atoms with Crippen molar-refractivity contribution >= 4 is 0 Å². The lowest BCUT2D eigenvalue weighted by Crippen LogP contribution is -2.45. The molecule has 0 bridgehead atoms. The predicted molar refractivity (Wildman–Crippen MR) is 86.4 cm³/mol. The zero-order valence-electron chi connectivity index (χ0n) is 14.3. The molecule has 1 N–H and O–H groups in total. The van der Waals surface area contributed by atoms with E-state index in [1.54, 1.807) is 0 Å². The summed E-state index contributed by atoms with van der Waals surface area (Å²) in [5.41, 5.74) is 0. The lowest BCUT2D eigenvalue weighted by molar-refractivity contribution is 0.0656. The van der Waals surface area contributed by atoms with E-state index in [0.29, 0.717) is 12.1 Å². The molecule has 122 valence electrons. The van der Waals surface area contributed by atoms with Gasteiger partial charge in [-0.25, -0.2) is 0 Å². The van der Waals surface area contributed by atoms with Crippen molar-refractivity contribution in [2.75, 3.05) is 46.1 Å². The van der Waals surface area contributed by atoms with Gasteiger partial charge in [0.05, 0.1) is 13.2 Å². The zero-order valence-corrected chi connectivity index (χ0v) is 14.3. The van der Waals surface area contributed by atoms with Crippen molar-refractivity contribution in [1.29, 1.82) is 0 Å². The fourth-order valence-electron chi connectivity index (χ4n) is 2.24. The molecular formula is C16H36N2O2. The highest BCUT2D eigenvalue weighted by atomic mass is 16.5. The molecule has 0 aliphatic heterocycles. The zero-order chi connectivity index (χ0) is 15.2. The van der Waals surface area contributed by atoms with Gasteiger partial charge < -0.3 is 14.8 Å². The van der Waals surface area contributed by atoms with Gasteiger partial charge >= 0.3 is 0 Å². The Hall–Kier alpha value is -0.160. The van der Waals surface area contributed by atoms with E-state index in [9.17, 15) is 0 Å². The summed E-state index contributed by atoms with van der Waals surface area (Å²) in [7, 11) is 0. The van der Waals surface area contributed by atoms with E-state index in [-0.39, 0.29) is 0 Å². The van der Waals surface area contributed by atoms with Gasteiger partial charge in [0.1, 0.15) is 0 Å². The summed E-state index contributed by atoms with van der Waals surface area (Å²) in [5, 5.41) is 3.62. The molecule has 0 aliphatic carbocycles. The standard InChI is InChI=1S/C16H36N2O2/c1-6-9-15(4)17-14-16(5)18(10-12-19-7-2)11-13-20-8-3/h15-17H,6-14H2,1-5H3. The summed E-state index contributed by atoms with van der Waals surface area (Å²) in [6, 6.07) is 1.11. The number of hydrogen-bond donors (Lipinski definition) is 1. The van der Waals surface area contributed by atoms with E-state index in [1.807, 2.05) is 13.8 Å². The van der Waals surface area contributed by atoms with Crippen LogP contribution in [0.4, 0.5) is 0 Å². The molecule has 0 heterocycles. The molecule has 0 aliphatic rings. The van der Waals surface area contributed by atoms with Crippen molar-refractivity contribution < 1.29 is 9.47 Å². The summed E-state index contributed by atoms with van der Waals surface area (Å²) in [6.45, 7) is 17.0. The number of hydrogen-bond acceptors (Lipinski definition) is 4. The van der Waals surface area contributed by atoms with Crippen LogP contribution in [0.3, 0.4) is 0 Å². The molecule has 0 aromatic heterocycles. The molecule has 0 amide bonds. The van der Waals surface area contributed by atoms with Crippen LogP contribution in [0.5, 0.6) is 0 Å². The maximum absolute atomic E-state index is 5.48. The van der Waals surface area contributed by atoms with E-state index < -0.39 is 0 Å². The van der Waals surface area contributed by atoms with Gasteiger partial charge in [0.15, 0.2) is 0 Å². The smallest absolute Gasteiger partial charge is 0.0593 e. The van der Waals surface area contributed by atoms with E-state index in [2.05, 4.69) is 31.0 Å². The lowest BCUT2D eigenvalue weighted by Gasteiger charge is -2.30. The van der Waals surface area contributed by atoms with Crippen LogP contribution >= 0.6 is 0 Å². The second kappa shape index (κ2) is 13.8. The summed E-state index contributed by atoms with van der Waals surface area (Å²) in [5.74, 6) is 0. The van der Waals surface area contributed by atoms with Gasteiger partial charge in [-0.3, -0.25) is 4.90 Å². The first-order valence-corrected chi connectivity index (χ1v) is 8.28. The lowest BCUT2D eigenvalue weighted by atomic mass is 10.2. The summed E-state index contributed by atoms with van der Waals surface area (Å²) in [6.07, 6.45) is 2.48. The second-order valence-electron chi connectivity index (χ2n) is 5.38. The van der Waals surface area contributed by atoms with Crippen molar-refractivity contribution in [1.82, 2.24) is 10.2 Å². The molecular weight excluding hydrogens is 252 g/mol. The Morgan fingerprint density at radius 3 is 1.95 bits per heavy atom. The Bertz CT molecular complexity index is 193. The van der Waals surface area contributed by atoms with Crippen LogP contribution in [0.25, 0.3) is 0 Å². The van der Waals surface area contributed by atoms with Crippen LogP contribution in [0, 0.1) is 0 Å². The Labute approximate surface area is 126 Å². The molecule has 0 rings (SSSR count). The first kappa shape index (κ1) is 19.8. The fourth-order valence-corrected chi connectivity index (χ4v) is 2.24. The number of nitrogens with one attached hydrogen (secondary N) is 1. The maximum atomic E-state index is 5.48. The Kier molecular flexibility index (Phi) is 13.7. The van der Waals surface area contributed by atoms with Crippen LogP contribution in [0.2, 0.25) is 0 Å². The highest BCUT2D eigenvalue weighted by Gasteiger charge is 2.14. The molecule has 0 saturated heterocycles. The van der Waals surface area contributed by atoms with Gasteiger partial charge in [-0.15, -0.1) is 0 Å². The maximum Gasteiger partial charge on any atom is 0.0593 e. The fraction of sp³-hybridized carbons (Fsp3) is 1.00. The molecule has 0 saturated carbocycles. The molecule has 4 heteroatoms. The molecule has 20 heavy (non-hydrogen) atoms. The second-order valence-corrected chi connectivity index (χ2v) is 5.38. The first-order valence-electron chi connectivity index (χ1n) is 8.28. The van der Waals surface area contributed by atoms with Crippen LogP contribution in [-0.2, 0) is 9.47 Å². The monoisotopic (exact) mass is 288 g/mol. The minimum absolute atomic E-state index is 0.509. The van der Waals surface area contributed by atoms with Gasteiger partial charge in [-0.1, -0.05) is 13.3 Å². The van der Waals surface area contributed by atoms with E-state index in [4.69, 9.17) is 9.47 Å². The predicted octanol–water partition coefficient (Wildman–Crippen LogP) is 2.53. The topological polar surface area (TPSA) is 33.7 Å². The molecule has 2 atom stereocenters. The Balaban J connectivity index is 4.05. The number of rotatable bonds is 14. The van der Waals surface area contributed by atoms with Gasteiger partial charge in [0, 0.05) is 44.9 Å².